The molecule has 0 radical (unpaired) electrons. The fourth-order valence-electron chi connectivity index (χ4n) is 7.52. The van der Waals surface area contributed by atoms with Gasteiger partial charge in [0, 0.05) is 19.3 Å². The van der Waals surface area contributed by atoms with Gasteiger partial charge in [0.15, 0.2) is 6.10 Å². The predicted octanol–water partition coefficient (Wildman–Crippen LogP) is 16.8. The van der Waals surface area contributed by atoms with Gasteiger partial charge in [0.05, 0.1) is 0 Å². The Kier molecular flexibility index (Phi) is 46.8. The van der Waals surface area contributed by atoms with Crippen LogP contribution in [0, 0.1) is 0 Å². The molecule has 6 heteroatoms. The van der Waals surface area contributed by atoms with Crippen LogP contribution in [0.2, 0.25) is 0 Å². The quantitative estimate of drug-likeness (QED) is 0.0263. The van der Waals surface area contributed by atoms with Gasteiger partial charge in [-0.3, -0.25) is 14.4 Å². The first-order valence-electron chi connectivity index (χ1n) is 25.8. The van der Waals surface area contributed by atoms with Gasteiger partial charge in [-0.05, 0) is 44.9 Å². The molecule has 0 aliphatic heterocycles. The fourth-order valence-corrected chi connectivity index (χ4v) is 7.52. The molecule has 0 bridgehead atoms. The second-order valence-electron chi connectivity index (χ2n) is 17.4. The van der Waals surface area contributed by atoms with Crippen molar-refractivity contribution in [1.29, 1.82) is 0 Å². The summed E-state index contributed by atoms with van der Waals surface area (Å²) in [5.41, 5.74) is 0. The van der Waals surface area contributed by atoms with Crippen LogP contribution in [0.5, 0.6) is 0 Å². The SMILES string of the molecule is CCCC/C=C\C/C=C\CCCCCCCC(=O)OC(COC(=O)CCCCCCC)COC(=O)CCCCCCCCCCCCCCCCCCCCCCCC. The third-order valence-corrected chi connectivity index (χ3v) is 11.5. The predicted molar refractivity (Wildman–Crippen MR) is 252 cm³/mol. The summed E-state index contributed by atoms with van der Waals surface area (Å²) in [6, 6.07) is 0. The molecule has 0 rings (SSSR count). The summed E-state index contributed by atoms with van der Waals surface area (Å²) in [4.78, 5) is 37.6. The number of hydrogen-bond donors (Lipinski definition) is 0. The van der Waals surface area contributed by atoms with E-state index in [-0.39, 0.29) is 31.1 Å². The van der Waals surface area contributed by atoms with E-state index in [2.05, 4.69) is 45.1 Å². The van der Waals surface area contributed by atoms with E-state index in [4.69, 9.17) is 14.2 Å². The molecule has 0 N–H and O–H groups in total. The lowest BCUT2D eigenvalue weighted by atomic mass is 10.0. The Bertz CT molecular complexity index is 958. The van der Waals surface area contributed by atoms with Gasteiger partial charge in [-0.1, -0.05) is 238 Å². The number of rotatable bonds is 47. The number of carbonyl (C=O) groups excluding carboxylic acids is 3. The van der Waals surface area contributed by atoms with Crippen molar-refractivity contribution < 1.29 is 28.6 Å². The van der Waals surface area contributed by atoms with E-state index in [1.54, 1.807) is 0 Å². The monoisotopic (exact) mass is 831 g/mol. The Balaban J connectivity index is 4.07. The van der Waals surface area contributed by atoms with Crippen molar-refractivity contribution in [2.75, 3.05) is 13.2 Å². The lowest BCUT2D eigenvalue weighted by Gasteiger charge is -2.18. The first-order chi connectivity index (χ1) is 29.0. The zero-order valence-corrected chi connectivity index (χ0v) is 39.5. The van der Waals surface area contributed by atoms with Gasteiger partial charge in [0.25, 0.3) is 0 Å². The number of esters is 3. The van der Waals surface area contributed by atoms with Crippen LogP contribution in [0.4, 0.5) is 0 Å². The standard InChI is InChI=1S/C53H98O6/c1-4-7-10-13-15-17-19-21-23-24-25-26-27-28-29-30-32-33-35-37-40-43-46-52(55)58-49-50(48-57-51(54)45-42-39-12-9-6-3)59-53(56)47-44-41-38-36-34-31-22-20-18-16-14-11-8-5-2/h14,16,20,22,50H,4-13,15,17-19,21,23-49H2,1-3H3/b16-14-,22-20-. The molecular weight excluding hydrogens is 733 g/mol. The Morgan fingerprint density at radius 3 is 0.983 bits per heavy atom. The van der Waals surface area contributed by atoms with E-state index < -0.39 is 6.10 Å². The van der Waals surface area contributed by atoms with Crippen LogP contribution in [0.1, 0.15) is 278 Å². The van der Waals surface area contributed by atoms with Gasteiger partial charge in [-0.15, -0.1) is 0 Å². The van der Waals surface area contributed by atoms with Gasteiger partial charge in [0.2, 0.25) is 0 Å². The van der Waals surface area contributed by atoms with E-state index >= 15 is 0 Å². The van der Waals surface area contributed by atoms with Crippen LogP contribution in [-0.4, -0.2) is 37.2 Å². The molecule has 0 aliphatic rings. The van der Waals surface area contributed by atoms with Crippen molar-refractivity contribution in [3.05, 3.63) is 24.3 Å². The van der Waals surface area contributed by atoms with Crippen LogP contribution in [0.3, 0.4) is 0 Å². The second kappa shape index (κ2) is 48.6. The van der Waals surface area contributed by atoms with Crippen molar-refractivity contribution in [3.8, 4) is 0 Å². The van der Waals surface area contributed by atoms with E-state index in [9.17, 15) is 14.4 Å². The highest BCUT2D eigenvalue weighted by molar-refractivity contribution is 5.71. The molecule has 0 fully saturated rings. The molecule has 0 aromatic rings. The summed E-state index contributed by atoms with van der Waals surface area (Å²) in [5.74, 6) is -0.891. The third kappa shape index (κ3) is 46.8. The van der Waals surface area contributed by atoms with Crippen LogP contribution in [0.15, 0.2) is 24.3 Å². The zero-order valence-electron chi connectivity index (χ0n) is 39.5. The summed E-state index contributed by atoms with van der Waals surface area (Å²) in [5, 5.41) is 0. The average Bonchev–Trinajstić information content (AvgIpc) is 3.23. The number of allylic oxidation sites excluding steroid dienone is 4. The molecule has 0 amide bonds. The fraction of sp³-hybridized carbons (Fsp3) is 0.868. The lowest BCUT2D eigenvalue weighted by Crippen LogP contribution is -2.30. The smallest absolute Gasteiger partial charge is 0.306 e. The van der Waals surface area contributed by atoms with Crippen molar-refractivity contribution in [1.82, 2.24) is 0 Å². The highest BCUT2D eigenvalue weighted by atomic mass is 16.6. The van der Waals surface area contributed by atoms with Crippen molar-refractivity contribution in [2.24, 2.45) is 0 Å². The maximum absolute atomic E-state index is 12.7. The normalized spacial score (nSPS) is 12.1. The van der Waals surface area contributed by atoms with Gasteiger partial charge < -0.3 is 14.2 Å². The molecule has 6 nitrogen and oxygen atoms in total. The third-order valence-electron chi connectivity index (χ3n) is 11.5. The van der Waals surface area contributed by atoms with Crippen LogP contribution in [-0.2, 0) is 28.6 Å². The molecule has 0 saturated heterocycles. The van der Waals surface area contributed by atoms with E-state index in [0.29, 0.717) is 19.3 Å². The molecule has 346 valence electrons. The number of unbranched alkanes of at least 4 members (excludes halogenated alkanes) is 32. The Labute approximate surface area is 366 Å². The molecule has 1 atom stereocenters. The van der Waals surface area contributed by atoms with E-state index in [1.807, 2.05) is 0 Å². The highest BCUT2D eigenvalue weighted by Crippen LogP contribution is 2.16. The second-order valence-corrected chi connectivity index (χ2v) is 17.4. The number of carbonyl (C=O) groups is 3. The van der Waals surface area contributed by atoms with Gasteiger partial charge in [0.1, 0.15) is 13.2 Å². The highest BCUT2D eigenvalue weighted by Gasteiger charge is 2.19. The van der Waals surface area contributed by atoms with Crippen LogP contribution >= 0.6 is 0 Å². The molecule has 0 heterocycles. The van der Waals surface area contributed by atoms with Gasteiger partial charge >= 0.3 is 17.9 Å². The molecule has 59 heavy (non-hydrogen) atoms. The van der Waals surface area contributed by atoms with E-state index in [1.165, 1.54) is 148 Å². The minimum atomic E-state index is -0.770. The molecule has 0 spiro atoms. The minimum absolute atomic E-state index is 0.0737. The zero-order chi connectivity index (χ0) is 43.0. The van der Waals surface area contributed by atoms with Crippen LogP contribution < -0.4 is 0 Å². The molecular formula is C53H98O6. The van der Waals surface area contributed by atoms with Crippen molar-refractivity contribution in [3.63, 3.8) is 0 Å². The number of ether oxygens (including phenoxy) is 3. The Morgan fingerprint density at radius 2 is 0.627 bits per heavy atom. The maximum Gasteiger partial charge on any atom is 0.306 e. The summed E-state index contributed by atoms with van der Waals surface area (Å²) < 4.78 is 16.7. The average molecular weight is 831 g/mol. The Hall–Kier alpha value is -2.11. The first kappa shape index (κ1) is 56.9. The van der Waals surface area contributed by atoms with Gasteiger partial charge in [-0.2, -0.15) is 0 Å². The lowest BCUT2D eigenvalue weighted by molar-refractivity contribution is -0.167. The summed E-state index contributed by atoms with van der Waals surface area (Å²) in [6.45, 7) is 6.53. The maximum atomic E-state index is 12.7. The van der Waals surface area contributed by atoms with E-state index in [0.717, 1.165) is 89.9 Å². The van der Waals surface area contributed by atoms with Crippen LogP contribution in [0.25, 0.3) is 0 Å². The minimum Gasteiger partial charge on any atom is -0.462 e. The Morgan fingerprint density at radius 1 is 0.339 bits per heavy atom. The molecule has 0 aromatic carbocycles. The first-order valence-corrected chi connectivity index (χ1v) is 25.8. The molecule has 0 saturated carbocycles. The summed E-state index contributed by atoms with van der Waals surface area (Å²) >= 11 is 0. The molecule has 0 aliphatic carbocycles. The topological polar surface area (TPSA) is 78.9 Å². The van der Waals surface area contributed by atoms with Gasteiger partial charge in [-0.25, -0.2) is 0 Å². The largest absolute Gasteiger partial charge is 0.462 e. The summed E-state index contributed by atoms with van der Waals surface area (Å²) in [6.07, 6.45) is 54.9. The van der Waals surface area contributed by atoms with Crippen molar-refractivity contribution >= 4 is 17.9 Å². The number of hydrogen-bond acceptors (Lipinski definition) is 6. The summed E-state index contributed by atoms with van der Waals surface area (Å²) in [7, 11) is 0. The molecule has 0 aromatic heterocycles. The molecule has 1 unspecified atom stereocenters. The van der Waals surface area contributed by atoms with Crippen molar-refractivity contribution in [2.45, 2.75) is 284 Å².